The molecule has 0 fully saturated rings. The van der Waals surface area contributed by atoms with E-state index in [9.17, 15) is 9.59 Å². The lowest BCUT2D eigenvalue weighted by Crippen LogP contribution is -2.23. The summed E-state index contributed by atoms with van der Waals surface area (Å²) in [6.07, 6.45) is 1.02. The van der Waals surface area contributed by atoms with Crippen molar-refractivity contribution < 1.29 is 9.59 Å². The number of rotatable bonds is 6. The van der Waals surface area contributed by atoms with E-state index in [1.54, 1.807) is 36.5 Å². The molecule has 0 unspecified atom stereocenters. The largest absolute Gasteiger partial charge is 0.349 e. The Labute approximate surface area is 139 Å². The summed E-state index contributed by atoms with van der Waals surface area (Å²) in [5.74, 6) is -0.210. The number of anilines is 1. The standard InChI is InChI=1S/C16H20N4O2S/c1-20(2)15(21)9-11-3-5-12(6-4-11)18-16(22)13-10-23-14(19-13)7-8-17/h3-6,10H,7-9,17H2,1-2H3,(H,18,22). The van der Waals surface area contributed by atoms with Crippen LogP contribution in [0.2, 0.25) is 0 Å². The van der Waals surface area contributed by atoms with Crippen LogP contribution in [0.25, 0.3) is 0 Å². The first-order valence-corrected chi connectivity index (χ1v) is 8.12. The summed E-state index contributed by atoms with van der Waals surface area (Å²) in [4.78, 5) is 29.6. The number of nitrogens with one attached hydrogen (secondary N) is 1. The molecule has 122 valence electrons. The number of nitrogens with zero attached hydrogens (tertiary/aromatic N) is 2. The molecular formula is C16H20N4O2S. The topological polar surface area (TPSA) is 88.3 Å². The summed E-state index contributed by atoms with van der Waals surface area (Å²) in [5, 5.41) is 5.38. The Morgan fingerprint density at radius 3 is 2.57 bits per heavy atom. The van der Waals surface area contributed by atoms with Crippen LogP contribution in [0.3, 0.4) is 0 Å². The molecule has 1 heterocycles. The van der Waals surface area contributed by atoms with Crippen LogP contribution in [0.5, 0.6) is 0 Å². The summed E-state index contributed by atoms with van der Waals surface area (Å²) in [6.45, 7) is 0.516. The highest BCUT2D eigenvalue weighted by molar-refractivity contribution is 7.09. The molecule has 7 heteroatoms. The van der Waals surface area contributed by atoms with Crippen molar-refractivity contribution >= 4 is 28.8 Å². The molecule has 0 spiro atoms. The molecule has 0 radical (unpaired) electrons. The monoisotopic (exact) mass is 332 g/mol. The molecule has 0 saturated carbocycles. The number of thiazole rings is 1. The first kappa shape index (κ1) is 17.1. The van der Waals surface area contributed by atoms with Crippen LogP contribution in [0.4, 0.5) is 5.69 Å². The van der Waals surface area contributed by atoms with Gasteiger partial charge in [0.05, 0.1) is 11.4 Å². The lowest BCUT2D eigenvalue weighted by atomic mass is 10.1. The minimum absolute atomic E-state index is 0.0386. The van der Waals surface area contributed by atoms with Crippen molar-refractivity contribution in [2.45, 2.75) is 12.8 Å². The molecule has 0 atom stereocenters. The zero-order chi connectivity index (χ0) is 16.8. The predicted molar refractivity (Wildman–Crippen MR) is 91.7 cm³/mol. The van der Waals surface area contributed by atoms with Gasteiger partial charge in [-0.25, -0.2) is 4.98 Å². The van der Waals surface area contributed by atoms with Gasteiger partial charge in [-0.1, -0.05) is 12.1 Å². The van der Waals surface area contributed by atoms with Gasteiger partial charge >= 0.3 is 0 Å². The molecule has 0 aliphatic heterocycles. The summed E-state index contributed by atoms with van der Waals surface area (Å²) in [6, 6.07) is 7.22. The Balaban J connectivity index is 1.97. The third-order valence-corrected chi connectivity index (χ3v) is 4.12. The maximum Gasteiger partial charge on any atom is 0.275 e. The highest BCUT2D eigenvalue weighted by atomic mass is 32.1. The number of aromatic nitrogens is 1. The molecule has 1 aromatic carbocycles. The van der Waals surface area contributed by atoms with Crippen LogP contribution in [-0.2, 0) is 17.6 Å². The van der Waals surface area contributed by atoms with Gasteiger partial charge in [-0.3, -0.25) is 9.59 Å². The van der Waals surface area contributed by atoms with E-state index in [0.717, 1.165) is 10.6 Å². The van der Waals surface area contributed by atoms with Crippen LogP contribution >= 0.6 is 11.3 Å². The van der Waals surface area contributed by atoms with Crippen LogP contribution in [0, 0.1) is 0 Å². The lowest BCUT2D eigenvalue weighted by Gasteiger charge is -2.10. The van der Waals surface area contributed by atoms with Gasteiger partial charge in [0, 0.05) is 31.6 Å². The Kier molecular flexibility index (Phi) is 5.84. The van der Waals surface area contributed by atoms with Crippen molar-refractivity contribution in [2.75, 3.05) is 26.0 Å². The second-order valence-corrected chi connectivity index (χ2v) is 6.22. The molecule has 0 saturated heterocycles. The fourth-order valence-electron chi connectivity index (χ4n) is 1.89. The van der Waals surface area contributed by atoms with E-state index in [1.807, 2.05) is 12.1 Å². The Morgan fingerprint density at radius 1 is 1.26 bits per heavy atom. The third-order valence-electron chi connectivity index (χ3n) is 3.21. The van der Waals surface area contributed by atoms with Crippen molar-refractivity contribution in [2.24, 2.45) is 5.73 Å². The quantitative estimate of drug-likeness (QED) is 0.839. The van der Waals surface area contributed by atoms with Crippen molar-refractivity contribution in [3.05, 3.63) is 45.9 Å². The number of carbonyl (C=O) groups is 2. The fraction of sp³-hybridized carbons (Fsp3) is 0.312. The SMILES string of the molecule is CN(C)C(=O)Cc1ccc(NC(=O)c2csc(CCN)n2)cc1. The molecular weight excluding hydrogens is 312 g/mol. The van der Waals surface area contributed by atoms with E-state index in [-0.39, 0.29) is 11.8 Å². The highest BCUT2D eigenvalue weighted by Crippen LogP contribution is 2.14. The zero-order valence-corrected chi connectivity index (χ0v) is 14.0. The second kappa shape index (κ2) is 7.85. The molecule has 23 heavy (non-hydrogen) atoms. The van der Waals surface area contributed by atoms with Crippen molar-refractivity contribution in [3.8, 4) is 0 Å². The molecule has 1 aromatic heterocycles. The van der Waals surface area contributed by atoms with E-state index < -0.39 is 0 Å². The number of carbonyl (C=O) groups excluding carboxylic acids is 2. The van der Waals surface area contributed by atoms with Gasteiger partial charge in [0.2, 0.25) is 5.91 Å². The first-order chi connectivity index (χ1) is 11.0. The molecule has 0 bridgehead atoms. The Morgan fingerprint density at radius 2 is 1.96 bits per heavy atom. The van der Waals surface area contributed by atoms with Crippen molar-refractivity contribution in [1.82, 2.24) is 9.88 Å². The molecule has 6 nitrogen and oxygen atoms in total. The van der Waals surface area contributed by atoms with Crippen molar-refractivity contribution in [3.63, 3.8) is 0 Å². The molecule has 2 aromatic rings. The fourth-order valence-corrected chi connectivity index (χ4v) is 2.68. The predicted octanol–water partition coefficient (Wildman–Crippen LogP) is 1.53. The Hall–Kier alpha value is -2.25. The van der Waals surface area contributed by atoms with Gasteiger partial charge in [-0.15, -0.1) is 11.3 Å². The minimum atomic E-state index is -0.248. The van der Waals surface area contributed by atoms with Crippen molar-refractivity contribution in [1.29, 1.82) is 0 Å². The van der Waals surface area contributed by atoms with Crippen LogP contribution in [-0.4, -0.2) is 42.3 Å². The first-order valence-electron chi connectivity index (χ1n) is 7.24. The van der Waals surface area contributed by atoms with Gasteiger partial charge in [-0.05, 0) is 24.2 Å². The van der Waals surface area contributed by atoms with E-state index in [4.69, 9.17) is 5.73 Å². The van der Waals surface area contributed by atoms with Gasteiger partial charge in [0.1, 0.15) is 5.69 Å². The van der Waals surface area contributed by atoms with E-state index >= 15 is 0 Å². The molecule has 3 N–H and O–H groups in total. The average molecular weight is 332 g/mol. The molecule has 2 amide bonds. The van der Waals surface area contributed by atoms with Gasteiger partial charge in [-0.2, -0.15) is 0 Å². The summed E-state index contributed by atoms with van der Waals surface area (Å²) in [7, 11) is 3.45. The van der Waals surface area contributed by atoms with Gasteiger partial charge in [0.25, 0.3) is 5.91 Å². The number of hydrogen-bond acceptors (Lipinski definition) is 5. The van der Waals surface area contributed by atoms with E-state index in [0.29, 0.717) is 30.8 Å². The van der Waals surface area contributed by atoms with Crippen LogP contribution in [0.15, 0.2) is 29.6 Å². The van der Waals surface area contributed by atoms with Crippen LogP contribution in [0.1, 0.15) is 21.1 Å². The minimum Gasteiger partial charge on any atom is -0.349 e. The number of benzene rings is 1. The van der Waals surface area contributed by atoms with E-state index in [2.05, 4.69) is 10.3 Å². The van der Waals surface area contributed by atoms with E-state index in [1.165, 1.54) is 11.3 Å². The zero-order valence-electron chi connectivity index (χ0n) is 13.2. The third kappa shape index (κ3) is 4.87. The van der Waals surface area contributed by atoms with Gasteiger partial charge in [0.15, 0.2) is 0 Å². The molecule has 0 aliphatic carbocycles. The van der Waals surface area contributed by atoms with Crippen LogP contribution < -0.4 is 11.1 Å². The number of likely N-dealkylation sites (N-methyl/N-ethyl adjacent to an activating group) is 1. The summed E-state index contributed by atoms with van der Waals surface area (Å²) >= 11 is 1.43. The maximum atomic E-state index is 12.1. The average Bonchev–Trinajstić information content (AvgIpc) is 2.98. The highest BCUT2D eigenvalue weighted by Gasteiger charge is 2.11. The maximum absolute atomic E-state index is 12.1. The number of nitrogens with two attached hydrogens (primary N) is 1. The Bertz CT molecular complexity index is 680. The van der Waals surface area contributed by atoms with Gasteiger partial charge < -0.3 is 16.0 Å². The summed E-state index contributed by atoms with van der Waals surface area (Å²) in [5.41, 5.74) is 7.44. The molecule has 0 aliphatic rings. The lowest BCUT2D eigenvalue weighted by molar-refractivity contribution is -0.127. The molecule has 2 rings (SSSR count). The second-order valence-electron chi connectivity index (χ2n) is 5.28. The summed E-state index contributed by atoms with van der Waals surface area (Å²) < 4.78 is 0. The smallest absolute Gasteiger partial charge is 0.275 e. The normalized spacial score (nSPS) is 10.4. The number of hydrogen-bond donors (Lipinski definition) is 2. The number of amides is 2.